The molecule has 0 heterocycles. The fourth-order valence-corrected chi connectivity index (χ4v) is 2.40. The van der Waals surface area contributed by atoms with E-state index in [4.69, 9.17) is 4.74 Å². The molecule has 0 saturated carbocycles. The lowest BCUT2D eigenvalue weighted by Crippen LogP contribution is -2.12. The minimum Gasteiger partial charge on any atom is -0.490 e. The number of thioether (sulfide) groups is 1. The van der Waals surface area contributed by atoms with E-state index in [0.717, 1.165) is 4.90 Å². The van der Waals surface area contributed by atoms with Crippen LogP contribution in [-0.2, 0) is 0 Å². The molecule has 0 saturated heterocycles. The fraction of sp³-hybridized carbons (Fsp3) is 0.235. The fourth-order valence-electron chi connectivity index (χ4n) is 1.99. The van der Waals surface area contributed by atoms with Gasteiger partial charge in [-0.2, -0.15) is 8.78 Å². The second-order valence-electron chi connectivity index (χ2n) is 4.66. The molecule has 2 rings (SSSR count). The third-order valence-electron chi connectivity index (χ3n) is 3.07. The molecule has 128 valence electrons. The number of halogens is 2. The first kappa shape index (κ1) is 18.1. The van der Waals surface area contributed by atoms with Gasteiger partial charge in [0, 0.05) is 16.1 Å². The van der Waals surface area contributed by atoms with Crippen LogP contribution in [0.1, 0.15) is 17.3 Å². The Kier molecular flexibility index (Phi) is 6.43. The number of hydrogen-bond donors (Lipinski definition) is 1. The Hall–Kier alpha value is -2.28. The maximum absolute atomic E-state index is 12.4. The van der Waals surface area contributed by atoms with Crippen LogP contribution in [0, 0.1) is 0 Å². The zero-order chi connectivity index (χ0) is 17.5. The van der Waals surface area contributed by atoms with E-state index in [1.165, 1.54) is 18.2 Å². The number of ether oxygens (including phenoxy) is 2. The van der Waals surface area contributed by atoms with Gasteiger partial charge < -0.3 is 14.8 Å². The summed E-state index contributed by atoms with van der Waals surface area (Å²) in [5.74, 6) is -0.368. The normalized spacial score (nSPS) is 10.5. The van der Waals surface area contributed by atoms with E-state index in [1.807, 2.05) is 18.4 Å². The van der Waals surface area contributed by atoms with Crippen molar-refractivity contribution in [1.82, 2.24) is 0 Å². The third-order valence-corrected chi connectivity index (χ3v) is 3.81. The Morgan fingerprint density at radius 1 is 1.17 bits per heavy atom. The number of anilines is 1. The Labute approximate surface area is 143 Å². The first-order chi connectivity index (χ1) is 11.5. The average Bonchev–Trinajstić information content (AvgIpc) is 2.57. The first-order valence-corrected chi connectivity index (χ1v) is 8.43. The lowest BCUT2D eigenvalue weighted by atomic mass is 10.2. The van der Waals surface area contributed by atoms with Gasteiger partial charge in [0.25, 0.3) is 5.91 Å². The van der Waals surface area contributed by atoms with Crippen LogP contribution in [0.15, 0.2) is 47.4 Å². The highest BCUT2D eigenvalue weighted by atomic mass is 32.2. The molecule has 2 aromatic rings. The number of rotatable bonds is 7. The van der Waals surface area contributed by atoms with Crippen molar-refractivity contribution in [3.63, 3.8) is 0 Å². The van der Waals surface area contributed by atoms with Gasteiger partial charge >= 0.3 is 6.61 Å². The molecule has 0 unspecified atom stereocenters. The maximum atomic E-state index is 12.4. The molecule has 0 aliphatic rings. The van der Waals surface area contributed by atoms with Crippen LogP contribution in [0.5, 0.6) is 11.5 Å². The summed E-state index contributed by atoms with van der Waals surface area (Å²) in [6, 6.07) is 11.5. The standard InChI is InChI=1S/C17H17F2NO3S/c1-3-22-15-10-11(4-9-14(15)23-17(18)19)16(21)20-12-5-7-13(24-2)8-6-12/h4-10,17H,3H2,1-2H3,(H,20,21). The van der Waals surface area contributed by atoms with Gasteiger partial charge in [-0.05, 0) is 55.6 Å². The molecule has 4 nitrogen and oxygen atoms in total. The highest BCUT2D eigenvalue weighted by Gasteiger charge is 2.14. The minimum atomic E-state index is -2.96. The van der Waals surface area contributed by atoms with Gasteiger partial charge in [0.2, 0.25) is 0 Å². The largest absolute Gasteiger partial charge is 0.490 e. The number of hydrogen-bond acceptors (Lipinski definition) is 4. The predicted molar refractivity (Wildman–Crippen MR) is 90.4 cm³/mol. The highest BCUT2D eigenvalue weighted by Crippen LogP contribution is 2.30. The summed E-state index contributed by atoms with van der Waals surface area (Å²) in [6.45, 7) is -0.980. The number of amides is 1. The summed E-state index contributed by atoms with van der Waals surface area (Å²) in [5.41, 5.74) is 0.928. The van der Waals surface area contributed by atoms with Crippen LogP contribution in [0.2, 0.25) is 0 Å². The molecule has 24 heavy (non-hydrogen) atoms. The minimum absolute atomic E-state index is 0.100. The molecule has 0 atom stereocenters. The van der Waals surface area contributed by atoms with E-state index >= 15 is 0 Å². The molecule has 0 spiro atoms. The van der Waals surface area contributed by atoms with Gasteiger partial charge in [0.1, 0.15) is 0 Å². The summed E-state index contributed by atoms with van der Waals surface area (Å²) < 4.78 is 34.4. The summed E-state index contributed by atoms with van der Waals surface area (Å²) in [6.07, 6.45) is 1.96. The zero-order valence-corrected chi connectivity index (χ0v) is 14.0. The lowest BCUT2D eigenvalue weighted by Gasteiger charge is -2.13. The van der Waals surface area contributed by atoms with E-state index < -0.39 is 6.61 Å². The van der Waals surface area contributed by atoms with Gasteiger partial charge in [-0.15, -0.1) is 11.8 Å². The Morgan fingerprint density at radius 2 is 1.88 bits per heavy atom. The van der Waals surface area contributed by atoms with Crippen molar-refractivity contribution in [1.29, 1.82) is 0 Å². The molecule has 0 fully saturated rings. The number of benzene rings is 2. The monoisotopic (exact) mass is 353 g/mol. The molecule has 0 aliphatic heterocycles. The quantitative estimate of drug-likeness (QED) is 0.736. The molecule has 2 aromatic carbocycles. The molecule has 0 radical (unpaired) electrons. The lowest BCUT2D eigenvalue weighted by molar-refractivity contribution is -0.0514. The molecule has 1 amide bonds. The second kappa shape index (κ2) is 8.54. The van der Waals surface area contributed by atoms with Crippen LogP contribution < -0.4 is 14.8 Å². The summed E-state index contributed by atoms with van der Waals surface area (Å²) >= 11 is 1.60. The molecule has 7 heteroatoms. The van der Waals surface area contributed by atoms with Crippen LogP contribution in [0.3, 0.4) is 0 Å². The van der Waals surface area contributed by atoms with Crippen molar-refractivity contribution in [2.24, 2.45) is 0 Å². The zero-order valence-electron chi connectivity index (χ0n) is 13.2. The summed E-state index contributed by atoms with van der Waals surface area (Å²) in [5, 5.41) is 2.75. The third kappa shape index (κ3) is 4.86. The molecular formula is C17H17F2NO3S. The highest BCUT2D eigenvalue weighted by molar-refractivity contribution is 7.98. The summed E-state index contributed by atoms with van der Waals surface area (Å²) in [4.78, 5) is 13.4. The smallest absolute Gasteiger partial charge is 0.387 e. The number of nitrogens with one attached hydrogen (secondary N) is 1. The van der Waals surface area contributed by atoms with E-state index in [-0.39, 0.29) is 29.6 Å². The predicted octanol–water partition coefficient (Wildman–Crippen LogP) is 4.66. The van der Waals surface area contributed by atoms with Crippen molar-refractivity contribution in [2.75, 3.05) is 18.2 Å². The van der Waals surface area contributed by atoms with Crippen molar-refractivity contribution in [3.05, 3.63) is 48.0 Å². The molecular weight excluding hydrogens is 336 g/mol. The number of carbonyl (C=O) groups excluding carboxylic acids is 1. The molecule has 0 aliphatic carbocycles. The summed E-state index contributed by atoms with van der Waals surface area (Å²) in [7, 11) is 0. The van der Waals surface area contributed by atoms with Crippen LogP contribution >= 0.6 is 11.8 Å². The van der Waals surface area contributed by atoms with E-state index in [0.29, 0.717) is 5.69 Å². The number of carbonyl (C=O) groups is 1. The van der Waals surface area contributed by atoms with Gasteiger partial charge in [-0.1, -0.05) is 0 Å². The van der Waals surface area contributed by atoms with Crippen molar-refractivity contribution >= 4 is 23.4 Å². The Balaban J connectivity index is 2.17. The Bertz CT molecular complexity index is 693. The Morgan fingerprint density at radius 3 is 2.46 bits per heavy atom. The van der Waals surface area contributed by atoms with Crippen molar-refractivity contribution < 1.29 is 23.0 Å². The van der Waals surface area contributed by atoms with Crippen LogP contribution in [-0.4, -0.2) is 25.4 Å². The van der Waals surface area contributed by atoms with E-state index in [2.05, 4.69) is 10.1 Å². The average molecular weight is 353 g/mol. The SMILES string of the molecule is CCOc1cc(C(=O)Nc2ccc(SC)cc2)ccc1OC(F)F. The van der Waals surface area contributed by atoms with Crippen LogP contribution in [0.4, 0.5) is 14.5 Å². The van der Waals surface area contributed by atoms with Crippen LogP contribution in [0.25, 0.3) is 0 Å². The molecule has 0 bridgehead atoms. The number of alkyl halides is 2. The van der Waals surface area contributed by atoms with Crippen molar-refractivity contribution in [3.8, 4) is 11.5 Å². The topological polar surface area (TPSA) is 47.6 Å². The van der Waals surface area contributed by atoms with E-state index in [9.17, 15) is 13.6 Å². The van der Waals surface area contributed by atoms with Gasteiger partial charge in [-0.3, -0.25) is 4.79 Å². The van der Waals surface area contributed by atoms with Crippen molar-refractivity contribution in [2.45, 2.75) is 18.4 Å². The first-order valence-electron chi connectivity index (χ1n) is 7.20. The molecule has 1 N–H and O–H groups in total. The maximum Gasteiger partial charge on any atom is 0.387 e. The van der Waals surface area contributed by atoms with Gasteiger partial charge in [0.15, 0.2) is 11.5 Å². The molecule has 0 aromatic heterocycles. The van der Waals surface area contributed by atoms with Gasteiger partial charge in [0.05, 0.1) is 6.61 Å². The second-order valence-corrected chi connectivity index (χ2v) is 5.54. The van der Waals surface area contributed by atoms with Gasteiger partial charge in [-0.25, -0.2) is 0 Å². The van der Waals surface area contributed by atoms with E-state index in [1.54, 1.807) is 30.8 Å².